The Morgan fingerprint density at radius 1 is 1.29 bits per heavy atom. The number of aliphatic hydroxyl groups excluding tert-OH is 1. The van der Waals surface area contributed by atoms with Gasteiger partial charge in [0.25, 0.3) is 0 Å². The van der Waals surface area contributed by atoms with E-state index in [-0.39, 0.29) is 12.5 Å². The van der Waals surface area contributed by atoms with Gasteiger partial charge in [-0.25, -0.2) is 0 Å². The summed E-state index contributed by atoms with van der Waals surface area (Å²) in [4.78, 5) is 14.1. The van der Waals surface area contributed by atoms with E-state index in [1.165, 1.54) is 12.8 Å². The Labute approximate surface area is 103 Å². The van der Waals surface area contributed by atoms with Crippen LogP contribution in [0.25, 0.3) is 0 Å². The molecule has 2 atom stereocenters. The molecule has 98 valence electrons. The molecule has 2 saturated heterocycles. The van der Waals surface area contributed by atoms with Gasteiger partial charge in [-0.05, 0) is 38.1 Å². The molecule has 2 unspecified atom stereocenters. The van der Waals surface area contributed by atoms with Crippen molar-refractivity contribution >= 4 is 5.91 Å². The van der Waals surface area contributed by atoms with Crippen LogP contribution < -0.4 is 5.32 Å². The Hall–Kier alpha value is -0.610. The third kappa shape index (κ3) is 3.68. The molecule has 4 nitrogen and oxygen atoms in total. The summed E-state index contributed by atoms with van der Waals surface area (Å²) in [6.45, 7) is 2.90. The number of hydrogen-bond acceptors (Lipinski definition) is 3. The van der Waals surface area contributed by atoms with E-state index in [1.54, 1.807) is 0 Å². The summed E-state index contributed by atoms with van der Waals surface area (Å²) in [6, 6.07) is 0.380. The van der Waals surface area contributed by atoms with E-state index >= 15 is 0 Å². The van der Waals surface area contributed by atoms with Gasteiger partial charge in [-0.15, -0.1) is 0 Å². The summed E-state index contributed by atoms with van der Waals surface area (Å²) in [7, 11) is 0. The topological polar surface area (TPSA) is 52.6 Å². The average Bonchev–Trinajstić information content (AvgIpc) is 2.40. The molecule has 4 heteroatoms. The van der Waals surface area contributed by atoms with Crippen molar-refractivity contribution in [2.75, 3.05) is 26.2 Å². The second kappa shape index (κ2) is 6.36. The second-order valence-electron chi connectivity index (χ2n) is 5.38. The van der Waals surface area contributed by atoms with Crippen molar-refractivity contribution < 1.29 is 9.90 Å². The molecule has 17 heavy (non-hydrogen) atoms. The predicted molar refractivity (Wildman–Crippen MR) is 66.6 cm³/mol. The standard InChI is InChI=1S/C13H24N2O2/c16-10-11-4-3-7-15(9-11)13(17)8-12-5-1-2-6-14-12/h11-12,14,16H,1-10H2. The van der Waals surface area contributed by atoms with Crippen molar-refractivity contribution in [1.29, 1.82) is 0 Å². The molecule has 2 aliphatic heterocycles. The van der Waals surface area contributed by atoms with Gasteiger partial charge in [0.1, 0.15) is 0 Å². The molecule has 2 fully saturated rings. The van der Waals surface area contributed by atoms with Crippen molar-refractivity contribution in [1.82, 2.24) is 10.2 Å². The number of aliphatic hydroxyl groups is 1. The van der Waals surface area contributed by atoms with Crippen molar-refractivity contribution in [2.45, 2.75) is 44.6 Å². The van der Waals surface area contributed by atoms with Crippen LogP contribution in [0.2, 0.25) is 0 Å². The molecule has 2 heterocycles. The quantitative estimate of drug-likeness (QED) is 0.765. The molecule has 2 N–H and O–H groups in total. The van der Waals surface area contributed by atoms with Crippen LogP contribution in [0.5, 0.6) is 0 Å². The maximum Gasteiger partial charge on any atom is 0.224 e. The van der Waals surface area contributed by atoms with E-state index in [4.69, 9.17) is 5.11 Å². The highest BCUT2D eigenvalue weighted by molar-refractivity contribution is 5.77. The maximum atomic E-state index is 12.1. The van der Waals surface area contributed by atoms with Crippen molar-refractivity contribution in [2.24, 2.45) is 5.92 Å². The van der Waals surface area contributed by atoms with Gasteiger partial charge in [-0.3, -0.25) is 4.79 Å². The lowest BCUT2D eigenvalue weighted by molar-refractivity contribution is -0.134. The third-order valence-electron chi connectivity index (χ3n) is 3.96. The highest BCUT2D eigenvalue weighted by Gasteiger charge is 2.25. The van der Waals surface area contributed by atoms with E-state index in [2.05, 4.69) is 5.32 Å². The molecule has 0 aromatic rings. The lowest BCUT2D eigenvalue weighted by Gasteiger charge is -2.33. The first kappa shape index (κ1) is 12.8. The number of hydrogen-bond donors (Lipinski definition) is 2. The van der Waals surface area contributed by atoms with Gasteiger partial charge in [0.05, 0.1) is 0 Å². The summed E-state index contributed by atoms with van der Waals surface area (Å²) in [5.74, 6) is 0.564. The number of carbonyl (C=O) groups excluding carboxylic acids is 1. The molecule has 2 aliphatic rings. The third-order valence-corrected chi connectivity index (χ3v) is 3.96. The number of piperidine rings is 2. The number of rotatable bonds is 3. The van der Waals surface area contributed by atoms with Gasteiger partial charge < -0.3 is 15.3 Å². The molecule has 2 rings (SSSR count). The first-order valence-corrected chi connectivity index (χ1v) is 6.91. The van der Waals surface area contributed by atoms with Gasteiger partial charge in [0.2, 0.25) is 5.91 Å². The van der Waals surface area contributed by atoms with Crippen molar-refractivity contribution in [3.63, 3.8) is 0 Å². The summed E-state index contributed by atoms with van der Waals surface area (Å²) in [6.07, 6.45) is 6.34. The fourth-order valence-electron chi connectivity index (χ4n) is 2.88. The Balaban J connectivity index is 1.78. The Morgan fingerprint density at radius 2 is 2.18 bits per heavy atom. The molecule has 0 saturated carbocycles. The van der Waals surface area contributed by atoms with Crippen LogP contribution in [0.4, 0.5) is 0 Å². The predicted octanol–water partition coefficient (Wildman–Crippen LogP) is 0.749. The second-order valence-corrected chi connectivity index (χ2v) is 5.38. The average molecular weight is 240 g/mol. The number of nitrogens with one attached hydrogen (secondary N) is 1. The van der Waals surface area contributed by atoms with Gasteiger partial charge >= 0.3 is 0 Å². The fraction of sp³-hybridized carbons (Fsp3) is 0.923. The SMILES string of the molecule is O=C(CC1CCCCN1)N1CCCC(CO)C1. The lowest BCUT2D eigenvalue weighted by atomic mass is 9.97. The Kier molecular flexibility index (Phi) is 4.80. The van der Waals surface area contributed by atoms with Gasteiger partial charge in [0.15, 0.2) is 0 Å². The van der Waals surface area contributed by atoms with E-state index in [1.807, 2.05) is 4.90 Å². The molecular weight excluding hydrogens is 216 g/mol. The van der Waals surface area contributed by atoms with E-state index in [0.717, 1.165) is 38.9 Å². The number of carbonyl (C=O) groups is 1. The molecule has 0 spiro atoms. The lowest BCUT2D eigenvalue weighted by Crippen LogP contribution is -2.44. The van der Waals surface area contributed by atoms with Crippen LogP contribution in [0, 0.1) is 5.92 Å². The van der Waals surface area contributed by atoms with E-state index in [9.17, 15) is 4.79 Å². The maximum absolute atomic E-state index is 12.1. The zero-order valence-electron chi connectivity index (χ0n) is 10.5. The fourth-order valence-corrected chi connectivity index (χ4v) is 2.88. The van der Waals surface area contributed by atoms with Crippen LogP contribution in [0.1, 0.15) is 38.5 Å². The highest BCUT2D eigenvalue weighted by Crippen LogP contribution is 2.18. The zero-order valence-corrected chi connectivity index (χ0v) is 10.5. The van der Waals surface area contributed by atoms with E-state index < -0.39 is 0 Å². The number of likely N-dealkylation sites (tertiary alicyclic amines) is 1. The Morgan fingerprint density at radius 3 is 2.88 bits per heavy atom. The molecule has 0 aromatic heterocycles. The van der Waals surface area contributed by atoms with Crippen molar-refractivity contribution in [3.8, 4) is 0 Å². The van der Waals surface area contributed by atoms with Crippen LogP contribution in [-0.2, 0) is 4.79 Å². The molecular formula is C13H24N2O2. The molecule has 0 bridgehead atoms. The van der Waals surface area contributed by atoms with E-state index in [0.29, 0.717) is 18.4 Å². The van der Waals surface area contributed by atoms with Crippen LogP contribution in [0.15, 0.2) is 0 Å². The number of nitrogens with zero attached hydrogens (tertiary/aromatic N) is 1. The smallest absolute Gasteiger partial charge is 0.224 e. The first-order chi connectivity index (χ1) is 8.29. The summed E-state index contributed by atoms with van der Waals surface area (Å²) in [5, 5.41) is 12.6. The van der Waals surface area contributed by atoms with Gasteiger partial charge in [0, 0.05) is 32.2 Å². The molecule has 0 aromatic carbocycles. The molecule has 0 aliphatic carbocycles. The molecule has 1 amide bonds. The highest BCUT2D eigenvalue weighted by atomic mass is 16.3. The number of amides is 1. The van der Waals surface area contributed by atoms with Crippen LogP contribution in [-0.4, -0.2) is 48.2 Å². The summed E-state index contributed by atoms with van der Waals surface area (Å²) < 4.78 is 0. The van der Waals surface area contributed by atoms with Crippen LogP contribution >= 0.6 is 0 Å². The minimum absolute atomic E-state index is 0.214. The molecule has 0 radical (unpaired) electrons. The Bertz CT molecular complexity index is 252. The van der Waals surface area contributed by atoms with Crippen LogP contribution in [0.3, 0.4) is 0 Å². The summed E-state index contributed by atoms with van der Waals surface area (Å²) >= 11 is 0. The van der Waals surface area contributed by atoms with Gasteiger partial charge in [-0.1, -0.05) is 6.42 Å². The van der Waals surface area contributed by atoms with Gasteiger partial charge in [-0.2, -0.15) is 0 Å². The minimum Gasteiger partial charge on any atom is -0.396 e. The largest absolute Gasteiger partial charge is 0.396 e. The minimum atomic E-state index is 0.214. The monoisotopic (exact) mass is 240 g/mol. The zero-order chi connectivity index (χ0) is 12.1. The van der Waals surface area contributed by atoms with Crippen molar-refractivity contribution in [3.05, 3.63) is 0 Å². The summed E-state index contributed by atoms with van der Waals surface area (Å²) in [5.41, 5.74) is 0. The normalized spacial score (nSPS) is 30.3. The first-order valence-electron chi connectivity index (χ1n) is 6.91.